The van der Waals surface area contributed by atoms with Crippen LogP contribution in [0, 0.1) is 25.7 Å². The average molecular weight is 362 g/mol. The molecular formula is C22H22N2O3. The molecule has 0 spiro atoms. The summed E-state index contributed by atoms with van der Waals surface area (Å²) in [6, 6.07) is 11.7. The summed E-state index contributed by atoms with van der Waals surface area (Å²) in [5.41, 5.74) is 3.31. The Kier molecular flexibility index (Phi) is 4.30. The Hall–Kier alpha value is -2.95. The Labute approximate surface area is 158 Å². The zero-order chi connectivity index (χ0) is 19.1. The molecule has 0 unspecified atom stereocenters. The number of rotatable bonds is 4. The lowest BCUT2D eigenvalue weighted by molar-refractivity contribution is -0.139. The molecule has 2 aromatic rings. The fraction of sp³-hybridized carbons (Fsp3) is 0.318. The number of amides is 2. The van der Waals surface area contributed by atoms with Crippen LogP contribution in [0.2, 0.25) is 0 Å². The van der Waals surface area contributed by atoms with Gasteiger partial charge in [0.1, 0.15) is 0 Å². The van der Waals surface area contributed by atoms with Gasteiger partial charge in [0.05, 0.1) is 18.4 Å². The van der Waals surface area contributed by atoms with Gasteiger partial charge >= 0.3 is 0 Å². The van der Waals surface area contributed by atoms with E-state index in [2.05, 4.69) is 0 Å². The van der Waals surface area contributed by atoms with Gasteiger partial charge in [-0.15, -0.1) is 0 Å². The third-order valence-electron chi connectivity index (χ3n) is 5.65. The van der Waals surface area contributed by atoms with Crippen LogP contribution < -0.4 is 0 Å². The van der Waals surface area contributed by atoms with Gasteiger partial charge in [-0.1, -0.05) is 30.4 Å². The largest absolute Gasteiger partial charge is 0.318 e. The van der Waals surface area contributed by atoms with Gasteiger partial charge in [-0.2, -0.15) is 0 Å². The molecule has 1 aliphatic heterocycles. The number of likely N-dealkylation sites (tertiary alicyclic amines) is 1. The first-order chi connectivity index (χ1) is 13.0. The van der Waals surface area contributed by atoms with E-state index in [1.807, 2.05) is 67.0 Å². The van der Waals surface area contributed by atoms with Crippen molar-refractivity contribution in [2.24, 2.45) is 11.8 Å². The summed E-state index contributed by atoms with van der Waals surface area (Å²) in [7, 11) is 0. The van der Waals surface area contributed by atoms with Crippen molar-refractivity contribution in [1.82, 2.24) is 9.47 Å². The second kappa shape index (κ2) is 6.65. The van der Waals surface area contributed by atoms with Gasteiger partial charge in [-0.3, -0.25) is 19.3 Å². The van der Waals surface area contributed by atoms with Crippen LogP contribution >= 0.6 is 0 Å². The van der Waals surface area contributed by atoms with Gasteiger partial charge in [-0.05, 0) is 44.9 Å². The van der Waals surface area contributed by atoms with Gasteiger partial charge in [0, 0.05) is 22.6 Å². The summed E-state index contributed by atoms with van der Waals surface area (Å²) in [6.07, 6.45) is 5.07. The lowest BCUT2D eigenvalue weighted by Gasteiger charge is -2.14. The lowest BCUT2D eigenvalue weighted by atomic mass is 9.85. The number of aromatic nitrogens is 1. The lowest BCUT2D eigenvalue weighted by Crippen LogP contribution is -2.36. The fourth-order valence-electron chi connectivity index (χ4n) is 4.27. The molecule has 1 saturated heterocycles. The number of para-hydroxylation sites is 1. The Balaban J connectivity index is 1.60. The van der Waals surface area contributed by atoms with Crippen LogP contribution in [-0.4, -0.2) is 33.6 Å². The maximum absolute atomic E-state index is 12.9. The third-order valence-corrected chi connectivity index (χ3v) is 5.65. The molecule has 0 N–H and O–H groups in total. The van der Waals surface area contributed by atoms with Gasteiger partial charge in [0.2, 0.25) is 11.8 Å². The Morgan fingerprint density at radius 2 is 1.59 bits per heavy atom. The molecule has 2 heterocycles. The SMILES string of the molecule is Cc1cc(C(=O)CN2C(=O)[C@@H]3CC=CC[C@H]3C2=O)c(C)n1-c1ccccc1. The molecule has 1 fully saturated rings. The van der Waals surface area contributed by atoms with Crippen LogP contribution in [0.4, 0.5) is 0 Å². The van der Waals surface area contributed by atoms with E-state index in [-0.39, 0.29) is 36.0 Å². The number of allylic oxidation sites excluding steroid dienone is 2. The molecule has 27 heavy (non-hydrogen) atoms. The first-order valence-corrected chi connectivity index (χ1v) is 9.27. The maximum Gasteiger partial charge on any atom is 0.233 e. The first kappa shape index (κ1) is 17.5. The monoisotopic (exact) mass is 362 g/mol. The number of Topliss-reactive ketones (excluding diaryl/α,β-unsaturated/α-hetero) is 1. The minimum Gasteiger partial charge on any atom is -0.318 e. The van der Waals surface area contributed by atoms with Crippen molar-refractivity contribution in [2.75, 3.05) is 6.54 Å². The summed E-state index contributed by atoms with van der Waals surface area (Å²) in [5, 5.41) is 0. The number of ketones is 1. The van der Waals surface area contributed by atoms with Gasteiger partial charge in [-0.25, -0.2) is 0 Å². The summed E-state index contributed by atoms with van der Waals surface area (Å²) < 4.78 is 2.02. The first-order valence-electron chi connectivity index (χ1n) is 9.27. The van der Waals surface area contributed by atoms with E-state index < -0.39 is 0 Å². The second-order valence-corrected chi connectivity index (χ2v) is 7.30. The quantitative estimate of drug-likeness (QED) is 0.477. The molecule has 5 nitrogen and oxygen atoms in total. The topological polar surface area (TPSA) is 59.4 Å². The number of hydrogen-bond acceptors (Lipinski definition) is 3. The fourth-order valence-corrected chi connectivity index (χ4v) is 4.27. The zero-order valence-electron chi connectivity index (χ0n) is 15.5. The van der Waals surface area contributed by atoms with E-state index in [0.29, 0.717) is 18.4 Å². The predicted molar refractivity (Wildman–Crippen MR) is 102 cm³/mol. The Bertz CT molecular complexity index is 929. The number of nitrogens with zero attached hydrogens (tertiary/aromatic N) is 2. The maximum atomic E-state index is 12.9. The van der Waals surface area contributed by atoms with Crippen molar-refractivity contribution in [3.05, 3.63) is 65.5 Å². The molecule has 1 aromatic heterocycles. The number of carbonyl (C=O) groups excluding carboxylic acids is 3. The molecule has 1 aromatic carbocycles. The van der Waals surface area contributed by atoms with Crippen molar-refractivity contribution in [3.63, 3.8) is 0 Å². The molecule has 2 aliphatic rings. The standard InChI is InChI=1S/C22H22N2O3/c1-14-12-19(15(2)24(14)16-8-4-3-5-9-16)20(25)13-23-21(26)17-10-6-7-11-18(17)22(23)27/h3-9,12,17-18H,10-11,13H2,1-2H3/t17-,18-/m1/s1. The van der Waals surface area contributed by atoms with Gasteiger partial charge < -0.3 is 4.57 Å². The van der Waals surface area contributed by atoms with E-state index in [4.69, 9.17) is 0 Å². The summed E-state index contributed by atoms with van der Waals surface area (Å²) >= 11 is 0. The van der Waals surface area contributed by atoms with Crippen LogP contribution in [0.3, 0.4) is 0 Å². The molecular weight excluding hydrogens is 340 g/mol. The zero-order valence-corrected chi connectivity index (χ0v) is 15.5. The van der Waals surface area contributed by atoms with Crippen molar-refractivity contribution in [1.29, 1.82) is 0 Å². The Morgan fingerprint density at radius 3 is 2.19 bits per heavy atom. The molecule has 4 rings (SSSR count). The van der Waals surface area contributed by atoms with Gasteiger partial charge in [0.15, 0.2) is 5.78 Å². The smallest absolute Gasteiger partial charge is 0.233 e. The number of hydrogen-bond donors (Lipinski definition) is 0. The van der Waals surface area contributed by atoms with E-state index in [1.165, 1.54) is 4.90 Å². The van der Waals surface area contributed by atoms with Crippen molar-refractivity contribution < 1.29 is 14.4 Å². The highest BCUT2D eigenvalue weighted by molar-refractivity contribution is 6.10. The van der Waals surface area contributed by atoms with E-state index in [1.54, 1.807) is 0 Å². The summed E-state index contributed by atoms with van der Waals surface area (Å²) in [6.45, 7) is 3.66. The highest BCUT2D eigenvalue weighted by Crippen LogP contribution is 2.35. The molecule has 0 radical (unpaired) electrons. The molecule has 0 saturated carbocycles. The number of carbonyl (C=O) groups is 3. The molecule has 2 atom stereocenters. The number of fused-ring (bicyclic) bond motifs is 1. The van der Waals surface area contributed by atoms with E-state index in [0.717, 1.165) is 17.1 Å². The van der Waals surface area contributed by atoms with E-state index >= 15 is 0 Å². The molecule has 138 valence electrons. The number of imide groups is 1. The predicted octanol–water partition coefficient (Wildman–Crippen LogP) is 3.23. The normalized spacial score (nSPS) is 21.6. The minimum absolute atomic E-state index is 0.177. The third kappa shape index (κ3) is 2.83. The van der Waals surface area contributed by atoms with Crippen molar-refractivity contribution in [3.8, 4) is 5.69 Å². The summed E-state index contributed by atoms with van der Waals surface area (Å²) in [4.78, 5) is 39.3. The van der Waals surface area contributed by atoms with Gasteiger partial charge in [0.25, 0.3) is 0 Å². The van der Waals surface area contributed by atoms with Crippen LogP contribution in [0.5, 0.6) is 0 Å². The highest BCUT2D eigenvalue weighted by atomic mass is 16.2. The molecule has 5 heteroatoms. The van der Waals surface area contributed by atoms with Crippen LogP contribution in [0.25, 0.3) is 5.69 Å². The average Bonchev–Trinajstić information content (AvgIpc) is 3.11. The Morgan fingerprint density at radius 1 is 1.00 bits per heavy atom. The number of benzene rings is 1. The van der Waals surface area contributed by atoms with Crippen molar-refractivity contribution >= 4 is 17.6 Å². The highest BCUT2D eigenvalue weighted by Gasteiger charge is 2.47. The number of aryl methyl sites for hydroxylation is 1. The van der Waals surface area contributed by atoms with Crippen LogP contribution in [-0.2, 0) is 9.59 Å². The summed E-state index contributed by atoms with van der Waals surface area (Å²) in [5.74, 6) is -1.21. The van der Waals surface area contributed by atoms with E-state index in [9.17, 15) is 14.4 Å². The molecule has 0 bridgehead atoms. The second-order valence-electron chi connectivity index (χ2n) is 7.30. The molecule has 1 aliphatic carbocycles. The van der Waals surface area contributed by atoms with Crippen LogP contribution in [0.15, 0.2) is 48.6 Å². The van der Waals surface area contributed by atoms with Crippen LogP contribution in [0.1, 0.15) is 34.6 Å². The van der Waals surface area contributed by atoms with Crippen molar-refractivity contribution in [2.45, 2.75) is 26.7 Å². The minimum atomic E-state index is -0.299. The molecule has 2 amide bonds.